The third-order valence-electron chi connectivity index (χ3n) is 5.59. The summed E-state index contributed by atoms with van der Waals surface area (Å²) in [6.07, 6.45) is 0. The zero-order valence-corrected chi connectivity index (χ0v) is 18.8. The predicted molar refractivity (Wildman–Crippen MR) is 121 cm³/mol. The molecule has 1 aliphatic rings. The minimum atomic E-state index is -0.669. The Balaban J connectivity index is 2.13. The number of aliphatic hydroxyl groups is 1. The lowest BCUT2D eigenvalue weighted by Gasteiger charge is -2.27. The summed E-state index contributed by atoms with van der Waals surface area (Å²) in [5.41, 5.74) is 2.51. The number of carbonyl (C=O) groups excluding carboxylic acids is 2. The van der Waals surface area contributed by atoms with Crippen LogP contribution in [0.5, 0.6) is 5.75 Å². The molecule has 0 radical (unpaired) electrons. The molecular formula is C25H30N2O4. The molecule has 1 unspecified atom stereocenters. The van der Waals surface area contributed by atoms with Crippen molar-refractivity contribution in [2.75, 3.05) is 34.3 Å². The van der Waals surface area contributed by atoms with Crippen LogP contribution in [0.2, 0.25) is 0 Å². The normalized spacial score (nSPS) is 18.3. The minimum Gasteiger partial charge on any atom is -0.507 e. The number of carbonyl (C=O) groups is 2. The van der Waals surface area contributed by atoms with Crippen molar-refractivity contribution in [2.24, 2.45) is 0 Å². The van der Waals surface area contributed by atoms with Crippen molar-refractivity contribution in [3.05, 3.63) is 70.8 Å². The molecule has 6 heteroatoms. The van der Waals surface area contributed by atoms with Crippen molar-refractivity contribution in [1.29, 1.82) is 0 Å². The molecule has 164 valence electrons. The van der Waals surface area contributed by atoms with Crippen LogP contribution in [0, 0.1) is 0 Å². The summed E-state index contributed by atoms with van der Waals surface area (Å²) in [6.45, 7) is 5.21. The number of nitrogens with zero attached hydrogens (tertiary/aromatic N) is 2. The highest BCUT2D eigenvalue weighted by molar-refractivity contribution is 6.46. The molecule has 0 bridgehead atoms. The van der Waals surface area contributed by atoms with Crippen LogP contribution >= 0.6 is 0 Å². The number of hydrogen-bond donors (Lipinski definition) is 1. The molecule has 1 aliphatic heterocycles. The van der Waals surface area contributed by atoms with E-state index in [2.05, 4.69) is 13.8 Å². The molecule has 1 saturated heterocycles. The minimum absolute atomic E-state index is 0.106. The van der Waals surface area contributed by atoms with Crippen LogP contribution in [-0.2, 0) is 9.59 Å². The van der Waals surface area contributed by atoms with Crippen LogP contribution in [-0.4, -0.2) is 60.9 Å². The van der Waals surface area contributed by atoms with Gasteiger partial charge in [-0.15, -0.1) is 0 Å². The summed E-state index contributed by atoms with van der Waals surface area (Å²) in [7, 11) is 5.37. The predicted octanol–water partition coefficient (Wildman–Crippen LogP) is 3.80. The standard InChI is InChI=1S/C25H30N2O4/c1-16(2)17-9-11-18(12-10-17)22-21(23(28)19-7-6-8-20(15-19)31-5)24(29)25(30)27(22)14-13-26(3)4/h6-12,15-16,22,28H,13-14H2,1-5H3. The van der Waals surface area contributed by atoms with E-state index in [9.17, 15) is 14.7 Å². The SMILES string of the molecule is COc1cccc(C(O)=C2C(=O)C(=O)N(CCN(C)C)C2c2ccc(C(C)C)cc2)c1. The number of methoxy groups -OCH3 is 1. The fourth-order valence-electron chi connectivity index (χ4n) is 3.75. The Kier molecular flexibility index (Phi) is 6.81. The number of Topliss-reactive ketones (excluding diaryl/α,β-unsaturated/α-hetero) is 1. The van der Waals surface area contributed by atoms with Gasteiger partial charge in [-0.25, -0.2) is 0 Å². The fraction of sp³-hybridized carbons (Fsp3) is 0.360. The number of likely N-dealkylation sites (N-methyl/N-ethyl adjacent to an activating group) is 1. The zero-order chi connectivity index (χ0) is 22.7. The van der Waals surface area contributed by atoms with Gasteiger partial charge in [0, 0.05) is 18.7 Å². The van der Waals surface area contributed by atoms with E-state index < -0.39 is 17.7 Å². The Morgan fingerprint density at radius 3 is 2.39 bits per heavy atom. The van der Waals surface area contributed by atoms with Crippen molar-refractivity contribution in [3.63, 3.8) is 0 Å². The summed E-state index contributed by atoms with van der Waals surface area (Å²) in [6, 6.07) is 14.1. The Morgan fingerprint density at radius 1 is 1.13 bits per heavy atom. The van der Waals surface area contributed by atoms with Gasteiger partial charge in [0.2, 0.25) is 0 Å². The average Bonchev–Trinajstić information content (AvgIpc) is 3.01. The number of rotatable bonds is 7. The fourth-order valence-corrected chi connectivity index (χ4v) is 3.75. The van der Waals surface area contributed by atoms with Gasteiger partial charge in [0.25, 0.3) is 11.7 Å². The highest BCUT2D eigenvalue weighted by atomic mass is 16.5. The maximum atomic E-state index is 13.0. The number of ketones is 1. The third kappa shape index (κ3) is 4.64. The molecule has 2 aromatic carbocycles. The Hall–Kier alpha value is -3.12. The van der Waals surface area contributed by atoms with E-state index in [1.165, 1.54) is 12.7 Å². The lowest BCUT2D eigenvalue weighted by atomic mass is 9.93. The van der Waals surface area contributed by atoms with Crippen LogP contribution in [0.25, 0.3) is 5.76 Å². The molecular weight excluding hydrogens is 392 g/mol. The summed E-state index contributed by atoms with van der Waals surface area (Å²) < 4.78 is 5.25. The van der Waals surface area contributed by atoms with Crippen molar-refractivity contribution < 1.29 is 19.4 Å². The zero-order valence-electron chi connectivity index (χ0n) is 18.8. The Morgan fingerprint density at radius 2 is 1.81 bits per heavy atom. The Bertz CT molecular complexity index is 993. The molecule has 1 heterocycles. The maximum absolute atomic E-state index is 13.0. The second-order valence-corrected chi connectivity index (χ2v) is 8.35. The molecule has 6 nitrogen and oxygen atoms in total. The summed E-state index contributed by atoms with van der Waals surface area (Å²) >= 11 is 0. The van der Waals surface area contributed by atoms with Gasteiger partial charge in [0.15, 0.2) is 0 Å². The van der Waals surface area contributed by atoms with Crippen LogP contribution in [0.4, 0.5) is 0 Å². The Labute approximate surface area is 183 Å². The van der Waals surface area contributed by atoms with E-state index >= 15 is 0 Å². The molecule has 31 heavy (non-hydrogen) atoms. The second-order valence-electron chi connectivity index (χ2n) is 8.35. The van der Waals surface area contributed by atoms with E-state index in [-0.39, 0.29) is 11.3 Å². The van der Waals surface area contributed by atoms with Crippen LogP contribution in [0.1, 0.15) is 42.5 Å². The molecule has 0 aliphatic carbocycles. The van der Waals surface area contributed by atoms with Gasteiger partial charge in [-0.3, -0.25) is 9.59 Å². The summed E-state index contributed by atoms with van der Waals surface area (Å²) in [4.78, 5) is 29.5. The molecule has 0 saturated carbocycles. The van der Waals surface area contributed by atoms with E-state index in [1.807, 2.05) is 43.3 Å². The van der Waals surface area contributed by atoms with E-state index in [0.717, 1.165) is 5.56 Å². The number of ether oxygens (including phenoxy) is 1. The van der Waals surface area contributed by atoms with Gasteiger partial charge < -0.3 is 19.6 Å². The van der Waals surface area contributed by atoms with E-state index in [4.69, 9.17) is 4.74 Å². The molecule has 2 aromatic rings. The smallest absolute Gasteiger partial charge is 0.295 e. The van der Waals surface area contributed by atoms with Crippen molar-refractivity contribution in [3.8, 4) is 5.75 Å². The highest BCUT2D eigenvalue weighted by Crippen LogP contribution is 2.39. The lowest BCUT2D eigenvalue weighted by molar-refractivity contribution is -0.140. The molecule has 3 rings (SSSR count). The first-order valence-electron chi connectivity index (χ1n) is 10.4. The third-order valence-corrected chi connectivity index (χ3v) is 5.59. The first-order chi connectivity index (χ1) is 14.7. The van der Waals surface area contributed by atoms with Gasteiger partial charge >= 0.3 is 0 Å². The first kappa shape index (κ1) is 22.6. The van der Waals surface area contributed by atoms with Gasteiger partial charge in [0.1, 0.15) is 11.5 Å². The summed E-state index contributed by atoms with van der Waals surface area (Å²) in [5, 5.41) is 11.1. The molecule has 0 spiro atoms. The lowest BCUT2D eigenvalue weighted by Crippen LogP contribution is -2.35. The quantitative estimate of drug-likeness (QED) is 0.418. The number of aliphatic hydroxyl groups excluding tert-OH is 1. The molecule has 1 N–H and O–H groups in total. The van der Waals surface area contributed by atoms with Crippen LogP contribution in [0.3, 0.4) is 0 Å². The number of amides is 1. The first-order valence-corrected chi connectivity index (χ1v) is 10.4. The number of likely N-dealkylation sites (tertiary alicyclic amines) is 1. The van der Waals surface area contributed by atoms with Crippen LogP contribution < -0.4 is 4.74 Å². The second kappa shape index (κ2) is 9.35. The van der Waals surface area contributed by atoms with Gasteiger partial charge in [-0.05, 0) is 43.3 Å². The van der Waals surface area contributed by atoms with E-state index in [0.29, 0.717) is 30.3 Å². The maximum Gasteiger partial charge on any atom is 0.295 e. The van der Waals surface area contributed by atoms with Gasteiger partial charge in [0.05, 0.1) is 18.7 Å². The highest BCUT2D eigenvalue weighted by Gasteiger charge is 2.45. The van der Waals surface area contributed by atoms with Crippen molar-refractivity contribution in [2.45, 2.75) is 25.8 Å². The summed E-state index contributed by atoms with van der Waals surface area (Å²) in [5.74, 6) is -0.529. The van der Waals surface area contributed by atoms with Crippen molar-refractivity contribution in [1.82, 2.24) is 9.80 Å². The van der Waals surface area contributed by atoms with Gasteiger partial charge in [-0.2, -0.15) is 0 Å². The van der Waals surface area contributed by atoms with Gasteiger partial charge in [-0.1, -0.05) is 50.2 Å². The molecule has 1 atom stereocenters. The number of hydrogen-bond acceptors (Lipinski definition) is 5. The largest absolute Gasteiger partial charge is 0.507 e. The average molecular weight is 423 g/mol. The van der Waals surface area contributed by atoms with Crippen molar-refractivity contribution >= 4 is 17.4 Å². The molecule has 1 amide bonds. The monoisotopic (exact) mass is 422 g/mol. The topological polar surface area (TPSA) is 70.1 Å². The molecule has 0 aromatic heterocycles. The van der Waals surface area contributed by atoms with Crippen LogP contribution in [0.15, 0.2) is 54.1 Å². The number of benzene rings is 2. The van der Waals surface area contributed by atoms with E-state index in [1.54, 1.807) is 29.2 Å². The molecule has 1 fully saturated rings.